The Bertz CT molecular complexity index is 761. The molecule has 5 nitrogen and oxygen atoms in total. The van der Waals surface area contributed by atoms with Crippen molar-refractivity contribution in [2.45, 2.75) is 5.25 Å². The molecule has 0 unspecified atom stereocenters. The molecule has 1 aromatic heterocycles. The van der Waals surface area contributed by atoms with Gasteiger partial charge in [-0.2, -0.15) is 4.39 Å². The summed E-state index contributed by atoms with van der Waals surface area (Å²) in [5.74, 6) is -2.50. The van der Waals surface area contributed by atoms with Crippen molar-refractivity contribution in [3.05, 3.63) is 29.5 Å². The van der Waals surface area contributed by atoms with E-state index in [0.29, 0.717) is 18.8 Å². The van der Waals surface area contributed by atoms with Crippen LogP contribution in [-0.2, 0) is 4.74 Å². The lowest BCUT2D eigenvalue weighted by Gasteiger charge is -2.13. The van der Waals surface area contributed by atoms with Crippen LogP contribution in [0, 0.1) is 11.6 Å². The molecule has 1 atom stereocenters. The van der Waals surface area contributed by atoms with Gasteiger partial charge in [0.15, 0.2) is 17.7 Å². The van der Waals surface area contributed by atoms with Gasteiger partial charge >= 0.3 is 0 Å². The molecule has 1 aromatic carbocycles. The molecule has 0 aliphatic carbocycles. The van der Waals surface area contributed by atoms with Crippen molar-refractivity contribution in [2.24, 2.45) is 0 Å². The second-order valence-corrected chi connectivity index (χ2v) is 6.03. The summed E-state index contributed by atoms with van der Waals surface area (Å²) in [5.41, 5.74) is -0.417. The molecule has 0 N–H and O–H groups in total. The topological polar surface area (TPSA) is 59.8 Å². The lowest BCUT2D eigenvalue weighted by atomic mass is 10.1. The molecule has 1 aliphatic heterocycles. The van der Waals surface area contributed by atoms with Gasteiger partial charge in [0.1, 0.15) is 6.26 Å². The van der Waals surface area contributed by atoms with Crippen molar-refractivity contribution in [1.82, 2.24) is 0 Å². The average Bonchev–Trinajstić information content (AvgIpc) is 3.06. The number of rotatable bonds is 4. The monoisotopic (exact) mass is 327 g/mol. The van der Waals surface area contributed by atoms with Gasteiger partial charge in [-0.15, -0.1) is 0 Å². The SMILES string of the molecule is COC[C@H]1CN(c2coc3c(F)c(F)c(C=O)cc23)C(=O)S1. The second-order valence-electron chi connectivity index (χ2n) is 4.78. The van der Waals surface area contributed by atoms with Gasteiger partial charge < -0.3 is 9.15 Å². The van der Waals surface area contributed by atoms with Crippen LogP contribution in [-0.4, -0.2) is 37.0 Å². The number of halogens is 2. The number of anilines is 1. The highest BCUT2D eigenvalue weighted by Gasteiger charge is 2.34. The molecule has 116 valence electrons. The maximum absolute atomic E-state index is 13.9. The Morgan fingerprint density at radius 2 is 2.27 bits per heavy atom. The predicted molar refractivity (Wildman–Crippen MR) is 77.5 cm³/mol. The Kier molecular flexibility index (Phi) is 3.88. The Morgan fingerprint density at radius 1 is 1.50 bits per heavy atom. The molecule has 1 amide bonds. The van der Waals surface area contributed by atoms with Gasteiger partial charge in [-0.25, -0.2) is 4.39 Å². The number of nitrogens with zero attached hydrogens (tertiary/aromatic N) is 1. The molecule has 1 saturated heterocycles. The zero-order valence-electron chi connectivity index (χ0n) is 11.5. The lowest BCUT2D eigenvalue weighted by molar-refractivity contribution is 0.111. The Hall–Kier alpha value is -1.93. The van der Waals surface area contributed by atoms with Gasteiger partial charge in [0, 0.05) is 19.0 Å². The summed E-state index contributed by atoms with van der Waals surface area (Å²) in [6.45, 7) is 0.757. The average molecular weight is 327 g/mol. The maximum Gasteiger partial charge on any atom is 0.286 e. The first-order valence-electron chi connectivity index (χ1n) is 6.38. The Labute approximate surface area is 128 Å². The smallest absolute Gasteiger partial charge is 0.286 e. The number of amides is 1. The van der Waals surface area contributed by atoms with Crippen molar-refractivity contribution in [2.75, 3.05) is 25.2 Å². The molecule has 1 aliphatic rings. The summed E-state index contributed by atoms with van der Waals surface area (Å²) in [5, 5.41) is -0.103. The number of ether oxygens (including phenoxy) is 1. The second kappa shape index (κ2) is 5.69. The minimum atomic E-state index is -1.26. The van der Waals surface area contributed by atoms with Gasteiger partial charge in [0.05, 0.1) is 23.1 Å². The zero-order valence-corrected chi connectivity index (χ0v) is 12.3. The van der Waals surface area contributed by atoms with Gasteiger partial charge in [-0.3, -0.25) is 14.5 Å². The van der Waals surface area contributed by atoms with Crippen LogP contribution in [0.3, 0.4) is 0 Å². The standard InChI is InChI=1S/C14H11F2NO4S/c1-20-5-8-3-17(14(19)22-8)10-6-21-13-9(10)2-7(4-18)11(15)12(13)16/h2,4,6,8H,3,5H2,1H3/t8-/m1/s1. The first-order chi connectivity index (χ1) is 10.6. The van der Waals surface area contributed by atoms with E-state index in [9.17, 15) is 18.4 Å². The van der Waals surface area contributed by atoms with Crippen LogP contribution in [0.4, 0.5) is 19.3 Å². The van der Waals surface area contributed by atoms with E-state index in [1.54, 1.807) is 0 Å². The zero-order chi connectivity index (χ0) is 15.9. The predicted octanol–water partition coefficient (Wildman–Crippen LogP) is 3.21. The van der Waals surface area contributed by atoms with Crippen molar-refractivity contribution >= 4 is 39.9 Å². The summed E-state index contributed by atoms with van der Waals surface area (Å²) in [6.07, 6.45) is 1.42. The van der Waals surface area contributed by atoms with Crippen molar-refractivity contribution < 1.29 is 27.5 Å². The number of methoxy groups -OCH3 is 1. The fourth-order valence-electron chi connectivity index (χ4n) is 2.40. The fraction of sp³-hybridized carbons (Fsp3) is 0.286. The van der Waals surface area contributed by atoms with Gasteiger partial charge in [-0.1, -0.05) is 11.8 Å². The van der Waals surface area contributed by atoms with E-state index in [2.05, 4.69) is 0 Å². The van der Waals surface area contributed by atoms with E-state index in [0.717, 1.165) is 11.8 Å². The van der Waals surface area contributed by atoms with Crippen LogP contribution in [0.25, 0.3) is 11.0 Å². The summed E-state index contributed by atoms with van der Waals surface area (Å²) in [4.78, 5) is 24.3. The van der Waals surface area contributed by atoms with Crippen molar-refractivity contribution in [3.63, 3.8) is 0 Å². The van der Waals surface area contributed by atoms with E-state index in [1.807, 2.05) is 0 Å². The largest absolute Gasteiger partial charge is 0.459 e. The third-order valence-electron chi connectivity index (χ3n) is 3.40. The number of hydrogen-bond acceptors (Lipinski definition) is 5. The number of fused-ring (bicyclic) bond motifs is 1. The molecule has 0 saturated carbocycles. The Morgan fingerprint density at radius 3 is 2.95 bits per heavy atom. The van der Waals surface area contributed by atoms with E-state index in [-0.39, 0.29) is 27.7 Å². The third kappa shape index (κ3) is 2.28. The highest BCUT2D eigenvalue weighted by atomic mass is 32.2. The maximum atomic E-state index is 13.9. The molecule has 1 fully saturated rings. The van der Waals surface area contributed by atoms with Gasteiger partial charge in [0.25, 0.3) is 5.24 Å². The lowest BCUT2D eigenvalue weighted by Crippen LogP contribution is -2.25. The molecule has 2 aromatic rings. The first kappa shape index (κ1) is 15.0. The number of hydrogen-bond donors (Lipinski definition) is 0. The highest BCUT2D eigenvalue weighted by Crippen LogP contribution is 2.38. The minimum Gasteiger partial charge on any atom is -0.459 e. The summed E-state index contributed by atoms with van der Waals surface area (Å²) in [7, 11) is 1.54. The van der Waals surface area contributed by atoms with Gasteiger partial charge in [0.2, 0.25) is 5.82 Å². The highest BCUT2D eigenvalue weighted by molar-refractivity contribution is 8.14. The quantitative estimate of drug-likeness (QED) is 0.807. The fourth-order valence-corrected chi connectivity index (χ4v) is 3.41. The Balaban J connectivity index is 2.07. The molecular weight excluding hydrogens is 316 g/mol. The molecule has 8 heteroatoms. The molecule has 3 rings (SSSR count). The summed E-state index contributed by atoms with van der Waals surface area (Å²) in [6, 6.07) is 1.18. The molecular formula is C14H11F2NO4S. The van der Waals surface area contributed by atoms with E-state index < -0.39 is 17.2 Å². The molecule has 0 bridgehead atoms. The molecule has 0 spiro atoms. The first-order valence-corrected chi connectivity index (χ1v) is 7.26. The number of carbonyl (C=O) groups is 2. The van der Waals surface area contributed by atoms with Crippen LogP contribution >= 0.6 is 11.8 Å². The molecule has 2 heterocycles. The summed E-state index contributed by atoms with van der Waals surface area (Å²) >= 11 is 1.11. The van der Waals surface area contributed by atoms with Crippen molar-refractivity contribution in [1.29, 1.82) is 0 Å². The normalized spacial score (nSPS) is 18.4. The number of thioether (sulfide) groups is 1. The molecule has 22 heavy (non-hydrogen) atoms. The van der Waals surface area contributed by atoms with Crippen LogP contribution in [0.1, 0.15) is 10.4 Å². The van der Waals surface area contributed by atoms with E-state index in [4.69, 9.17) is 9.15 Å². The van der Waals surface area contributed by atoms with Crippen LogP contribution < -0.4 is 4.90 Å². The van der Waals surface area contributed by atoms with Gasteiger partial charge in [-0.05, 0) is 6.07 Å². The van der Waals surface area contributed by atoms with Crippen LogP contribution in [0.15, 0.2) is 16.7 Å². The van der Waals surface area contributed by atoms with E-state index >= 15 is 0 Å². The third-order valence-corrected chi connectivity index (χ3v) is 4.44. The number of benzene rings is 1. The minimum absolute atomic E-state index is 0.0571. The van der Waals surface area contributed by atoms with Crippen molar-refractivity contribution in [3.8, 4) is 0 Å². The number of furan rings is 1. The number of aldehydes is 1. The van der Waals surface area contributed by atoms with Crippen LogP contribution in [0.2, 0.25) is 0 Å². The van der Waals surface area contributed by atoms with Crippen LogP contribution in [0.5, 0.6) is 0 Å². The molecule has 0 radical (unpaired) electrons. The number of carbonyl (C=O) groups excluding carboxylic acids is 2. The van der Waals surface area contributed by atoms with E-state index in [1.165, 1.54) is 24.3 Å². The summed E-state index contributed by atoms with van der Waals surface area (Å²) < 4.78 is 37.5.